The number of allylic oxidation sites excluding steroid dienone is 1. The van der Waals surface area contributed by atoms with Crippen LogP contribution in [0.3, 0.4) is 0 Å². The monoisotopic (exact) mass is 700 g/mol. The van der Waals surface area contributed by atoms with Crippen molar-refractivity contribution in [2.24, 2.45) is 5.92 Å². The summed E-state index contributed by atoms with van der Waals surface area (Å²) in [7, 11) is -2.36. The summed E-state index contributed by atoms with van der Waals surface area (Å²) in [4.78, 5) is 12.6. The summed E-state index contributed by atoms with van der Waals surface area (Å²) in [6, 6.07) is 6.33. The van der Waals surface area contributed by atoms with Gasteiger partial charge in [0.15, 0.2) is 5.78 Å². The summed E-state index contributed by atoms with van der Waals surface area (Å²) in [6.07, 6.45) is -13.5. The normalized spacial score (nSPS) is 15.5. The number of rotatable bonds is 9. The maximum Gasteiger partial charge on any atom is 0.417 e. The first-order chi connectivity index (χ1) is 17.3. The van der Waals surface area contributed by atoms with Gasteiger partial charge in [-0.1, -0.05) is 63.1 Å². The van der Waals surface area contributed by atoms with Crippen molar-refractivity contribution in [1.29, 1.82) is 0 Å². The van der Waals surface area contributed by atoms with E-state index >= 15 is 0 Å². The minimum Gasteiger partial charge on any atom is -0.294 e. The average Bonchev–Trinajstić information content (AvgIpc) is 2.69. The van der Waals surface area contributed by atoms with Crippen molar-refractivity contribution in [3.8, 4) is 0 Å². The van der Waals surface area contributed by atoms with E-state index in [2.05, 4.69) is 31.9 Å². The van der Waals surface area contributed by atoms with Gasteiger partial charge in [0.05, 0.1) is 11.5 Å². The first kappa shape index (κ1) is 32.5. The quantitative estimate of drug-likeness (QED) is 0.193. The van der Waals surface area contributed by atoms with Crippen molar-refractivity contribution in [1.82, 2.24) is 0 Å². The van der Waals surface area contributed by atoms with Crippen LogP contribution in [0.2, 0.25) is 0 Å². The molecule has 0 aliphatic carbocycles. The molecule has 0 spiro atoms. The lowest BCUT2D eigenvalue weighted by Gasteiger charge is -2.18. The molecule has 14 heteroatoms. The summed E-state index contributed by atoms with van der Waals surface area (Å²) >= 11 is 6.19. The van der Waals surface area contributed by atoms with Crippen LogP contribution < -0.4 is 0 Å². The topological polar surface area (TPSA) is 34.1 Å². The molecule has 2 aromatic rings. The number of Topliss-reactive ketones (excluding diaryl/α,β-unsaturated/α-hetero) is 1. The van der Waals surface area contributed by atoms with Gasteiger partial charge in [-0.2, -0.15) is 39.5 Å². The molecule has 0 fully saturated rings. The van der Waals surface area contributed by atoms with Crippen molar-refractivity contribution in [3.63, 3.8) is 0 Å². The summed E-state index contributed by atoms with van der Waals surface area (Å²) < 4.78 is 132. The van der Waals surface area contributed by atoms with Gasteiger partial charge in [-0.25, -0.2) is 0 Å². The van der Waals surface area contributed by atoms with E-state index in [-0.39, 0.29) is 11.1 Å². The fourth-order valence-electron chi connectivity index (χ4n) is 3.56. The molecule has 0 aliphatic rings. The molecule has 210 valence electrons. The molecule has 0 saturated heterocycles. The Hall–Kier alpha value is -1.67. The van der Waals surface area contributed by atoms with E-state index in [1.165, 1.54) is 25.1 Å². The molecular weight excluding hydrogens is 683 g/mol. The Balaban J connectivity index is 2.34. The highest BCUT2D eigenvalue weighted by Gasteiger charge is 2.39. The molecule has 0 bridgehead atoms. The van der Waals surface area contributed by atoms with Gasteiger partial charge >= 0.3 is 18.5 Å². The Morgan fingerprint density at radius 2 is 1.53 bits per heavy atom. The largest absolute Gasteiger partial charge is 0.417 e. The van der Waals surface area contributed by atoms with E-state index < -0.39 is 76.0 Å². The minimum atomic E-state index is -5.05. The van der Waals surface area contributed by atoms with E-state index in [4.69, 9.17) is 0 Å². The van der Waals surface area contributed by atoms with E-state index in [1.807, 2.05) is 0 Å². The third-order valence-corrected chi connectivity index (χ3v) is 7.56. The molecule has 2 nitrogen and oxygen atoms in total. The molecule has 2 rings (SSSR count). The van der Waals surface area contributed by atoms with Gasteiger partial charge in [0.1, 0.15) is 5.75 Å². The van der Waals surface area contributed by atoms with Gasteiger partial charge in [-0.15, -0.1) is 0 Å². The lowest BCUT2D eigenvalue weighted by atomic mass is 9.93. The maximum absolute atomic E-state index is 13.7. The Morgan fingerprint density at radius 1 is 0.947 bits per heavy atom. The Kier molecular flexibility index (Phi) is 10.8. The van der Waals surface area contributed by atoms with E-state index in [1.54, 1.807) is 0 Å². The first-order valence-electron chi connectivity index (χ1n) is 10.6. The number of hydrogen-bond acceptors (Lipinski definition) is 2. The third kappa shape index (κ3) is 10.1. The molecular formula is C24H19Br2F9O2S. The van der Waals surface area contributed by atoms with E-state index in [9.17, 15) is 48.5 Å². The Labute approximate surface area is 231 Å². The molecule has 3 atom stereocenters. The molecule has 0 radical (unpaired) electrons. The van der Waals surface area contributed by atoms with Gasteiger partial charge < -0.3 is 0 Å². The molecule has 0 aromatic heterocycles. The van der Waals surface area contributed by atoms with Crippen LogP contribution in [0.5, 0.6) is 0 Å². The number of halogens is 11. The van der Waals surface area contributed by atoms with Crippen molar-refractivity contribution in [2.45, 2.75) is 37.8 Å². The molecule has 2 unspecified atom stereocenters. The highest BCUT2D eigenvalue weighted by atomic mass is 79.9. The van der Waals surface area contributed by atoms with Crippen molar-refractivity contribution < 1.29 is 48.5 Å². The summed E-state index contributed by atoms with van der Waals surface area (Å²) in [5.41, 5.74) is -2.61. The summed E-state index contributed by atoms with van der Waals surface area (Å²) in [5, 5.41) is 0. The standard InChI is InChI=1S/C24H19Br2F9O2S/c1-13(11-38(37)12-22(27,28)29)6-21(36)18-4-2-14(7-20(18)24(33,34)35)3-5-19(23(30,31)32)15-8-16(25)10-17(26)9-15/h2-5,7-10,13,19H,6,11-12H2,1H3/b5-3+/t13-,19?,38?/m0/s1. The maximum atomic E-state index is 13.7. The Bertz CT molecular complexity index is 1180. The molecule has 0 saturated carbocycles. The zero-order valence-corrected chi connectivity index (χ0v) is 23.3. The van der Waals surface area contributed by atoms with Crippen LogP contribution >= 0.6 is 31.9 Å². The van der Waals surface area contributed by atoms with Gasteiger partial charge in [0, 0.05) is 37.5 Å². The predicted molar refractivity (Wildman–Crippen MR) is 133 cm³/mol. The van der Waals surface area contributed by atoms with Gasteiger partial charge in [0.2, 0.25) is 0 Å². The third-order valence-electron chi connectivity index (χ3n) is 5.06. The highest BCUT2D eigenvalue weighted by Crippen LogP contribution is 2.39. The zero-order chi connectivity index (χ0) is 29.1. The number of ketones is 1. The minimum absolute atomic E-state index is 0.172. The number of benzene rings is 2. The number of hydrogen-bond donors (Lipinski definition) is 0. The van der Waals surface area contributed by atoms with E-state index in [0.29, 0.717) is 21.1 Å². The molecule has 0 aliphatic heterocycles. The molecule has 0 amide bonds. The van der Waals surface area contributed by atoms with Crippen LogP contribution in [-0.2, 0) is 17.0 Å². The van der Waals surface area contributed by atoms with Crippen LogP contribution in [0.15, 0.2) is 51.4 Å². The lowest BCUT2D eigenvalue weighted by molar-refractivity contribution is -0.139. The van der Waals surface area contributed by atoms with Crippen molar-refractivity contribution in [2.75, 3.05) is 11.5 Å². The smallest absolute Gasteiger partial charge is 0.294 e. The van der Waals surface area contributed by atoms with Crippen LogP contribution in [0.4, 0.5) is 39.5 Å². The van der Waals surface area contributed by atoms with E-state index in [0.717, 1.165) is 18.2 Å². The molecule has 0 N–H and O–H groups in total. The van der Waals surface area contributed by atoms with Crippen LogP contribution in [-0.4, -0.2) is 33.9 Å². The van der Waals surface area contributed by atoms with Crippen LogP contribution in [0.1, 0.15) is 46.3 Å². The van der Waals surface area contributed by atoms with Crippen LogP contribution in [0.25, 0.3) is 6.08 Å². The Morgan fingerprint density at radius 3 is 2.03 bits per heavy atom. The van der Waals surface area contributed by atoms with Gasteiger partial charge in [-0.3, -0.25) is 9.00 Å². The second-order valence-electron chi connectivity index (χ2n) is 8.48. The summed E-state index contributed by atoms with van der Waals surface area (Å²) in [5.74, 6) is -6.25. The highest BCUT2D eigenvalue weighted by molar-refractivity contribution is 9.11. The molecule has 38 heavy (non-hydrogen) atoms. The second-order valence-corrected chi connectivity index (χ2v) is 11.8. The first-order valence-corrected chi connectivity index (χ1v) is 13.7. The predicted octanol–water partition coefficient (Wildman–Crippen LogP) is 9.11. The second kappa shape index (κ2) is 12.7. The van der Waals surface area contributed by atoms with Crippen molar-refractivity contribution in [3.05, 3.63) is 73.7 Å². The SMILES string of the molecule is C[C@@H](CC(=O)c1ccc(/C=C/C(c2cc(Br)cc(Br)c2)C(F)(F)F)cc1C(F)(F)F)CS(=O)CC(F)(F)F. The molecule has 2 aromatic carbocycles. The average molecular weight is 702 g/mol. The van der Waals surface area contributed by atoms with Crippen LogP contribution in [0, 0.1) is 5.92 Å². The zero-order valence-electron chi connectivity index (χ0n) is 19.3. The summed E-state index contributed by atoms with van der Waals surface area (Å²) in [6.45, 7) is 1.29. The van der Waals surface area contributed by atoms with Gasteiger partial charge in [0.25, 0.3) is 0 Å². The lowest BCUT2D eigenvalue weighted by Crippen LogP contribution is -2.24. The van der Waals surface area contributed by atoms with Gasteiger partial charge in [-0.05, 0) is 41.3 Å². The van der Waals surface area contributed by atoms with Crippen molar-refractivity contribution >= 4 is 54.5 Å². The molecule has 0 heterocycles. The fraction of sp³-hybridized carbons (Fsp3) is 0.375. The fourth-order valence-corrected chi connectivity index (χ4v) is 6.12. The number of alkyl halides is 9. The number of carbonyl (C=O) groups excluding carboxylic acids is 1. The number of carbonyl (C=O) groups is 1.